The van der Waals surface area contributed by atoms with Gasteiger partial charge in [0.2, 0.25) is 0 Å². The van der Waals surface area contributed by atoms with Crippen molar-refractivity contribution in [3.8, 4) is 0 Å². The van der Waals surface area contributed by atoms with Crippen molar-refractivity contribution in [2.75, 3.05) is 0 Å². The molecule has 0 N–H and O–H groups in total. The Balaban J connectivity index is -0.000000136. The van der Waals surface area contributed by atoms with E-state index in [1.54, 1.807) is 55.4 Å². The Labute approximate surface area is 573 Å². The normalized spacial score (nSPS) is 20.8. The predicted molar refractivity (Wildman–Crippen MR) is 309 cm³/mol. The van der Waals surface area contributed by atoms with E-state index in [0.29, 0.717) is 0 Å². The minimum atomic E-state index is -3.09. The molecule has 0 unspecified atom stereocenters. The summed E-state index contributed by atoms with van der Waals surface area (Å²) >= 11 is 0. The summed E-state index contributed by atoms with van der Waals surface area (Å²) in [4.78, 5) is 49.5. The molecule has 16 nitrogen and oxygen atoms in total. The number of hydrogen-bond donors (Lipinski definition) is 0. The van der Waals surface area contributed by atoms with Crippen LogP contribution in [0.3, 0.4) is 0 Å². The Hall–Kier alpha value is 3.30. The topological polar surface area (TPSA) is 367 Å². The third kappa shape index (κ3) is 45.6. The second-order valence-electron chi connectivity index (χ2n) is 25.1. The third-order valence-corrected chi connectivity index (χ3v) is 28.9. The van der Waals surface area contributed by atoms with Crippen LogP contribution in [-0.4, -0.2) is 69.7 Å². The van der Waals surface area contributed by atoms with E-state index in [0.717, 1.165) is 205 Å². The molecule has 8 fully saturated rings. The van der Waals surface area contributed by atoms with Crippen molar-refractivity contribution in [1.82, 2.24) is 0 Å². The molecule has 0 heterocycles. The zero-order valence-corrected chi connectivity index (χ0v) is 63.4. The fraction of sp³-hybridized carbons (Fsp3) is 1.00. The summed E-state index contributed by atoms with van der Waals surface area (Å²) in [7, 11) is -12.4. The summed E-state index contributed by atoms with van der Waals surface area (Å²) in [6.45, 7) is 12.9. The Morgan fingerprint density at radius 1 is 0.214 bits per heavy atom. The van der Waals surface area contributed by atoms with Crippen LogP contribution in [0.2, 0.25) is 0 Å². The van der Waals surface area contributed by atoms with Gasteiger partial charge in [0.25, 0.3) is 0 Å². The smallest absolute Gasteiger partial charge is 2.00 e. The zero-order valence-electron chi connectivity index (χ0n) is 53.5. The molecule has 0 radical (unpaired) electrons. The van der Waals surface area contributed by atoms with E-state index in [-0.39, 0.29) is 154 Å². The molecule has 0 spiro atoms. The van der Waals surface area contributed by atoms with Crippen LogP contribution in [0, 0.1) is 0 Å². The average Bonchev–Trinajstić information content (AvgIpc) is 3.40. The molecule has 24 heteroatoms. The first kappa shape index (κ1) is 103. The summed E-state index contributed by atoms with van der Waals surface area (Å²) in [6, 6.07) is 0. The van der Waals surface area contributed by atoms with Crippen LogP contribution in [0.5, 0.6) is 0 Å². The molecular weight excluding hydrogens is 1290 g/mol. The maximum Gasteiger partial charge on any atom is 4.00 e. The summed E-state index contributed by atoms with van der Waals surface area (Å²) in [5, 5.41) is 38.1. The summed E-state index contributed by atoms with van der Waals surface area (Å²) < 4.78 is 49.5. The van der Waals surface area contributed by atoms with E-state index in [4.69, 9.17) is 0 Å². The van der Waals surface area contributed by atoms with Gasteiger partial charge in [-0.05, 0) is 103 Å². The van der Waals surface area contributed by atoms with Gasteiger partial charge in [0.1, 0.15) is 0 Å². The first-order chi connectivity index (χ1) is 35.8. The second-order valence-corrected chi connectivity index (χ2v) is 36.1. The molecule has 84 heavy (non-hydrogen) atoms. The van der Waals surface area contributed by atoms with E-state index in [1.807, 2.05) is 0 Å². The quantitative estimate of drug-likeness (QED) is 0.162. The van der Waals surface area contributed by atoms with Crippen LogP contribution in [0.1, 0.15) is 312 Å². The molecule has 488 valence electrons. The van der Waals surface area contributed by atoms with Gasteiger partial charge >= 0.3 is 86.9 Å². The van der Waals surface area contributed by atoms with Crippen molar-refractivity contribution in [1.29, 1.82) is 0 Å². The van der Waals surface area contributed by atoms with Crippen LogP contribution in [0.4, 0.5) is 0 Å². The maximum atomic E-state index is 12.4. The SMILES string of the molecule is CC(C)[O-].CC(C)[O-].CC(C)[O-].CC(C)[O-].O=P([O-])(C1CCCCC1)C1CCCCC1.O=P([O-])(C1CCCCC1)C1CCCCC1.O=P([O-])(C1CCCCC1)C1CCCCC1.O=P([O-])(C1CCCCC1)C1CCCCC1.[O-2].[O-2].[O-2].[O-2].[Ti+4].[Ti+4].[Ti+4].[Ti+4]. The van der Waals surface area contributed by atoms with Gasteiger partial charge in [-0.1, -0.05) is 209 Å². The molecule has 8 aliphatic rings. The maximum absolute atomic E-state index is 12.4. The average molecular weight is 1410 g/mol. The first-order valence-corrected chi connectivity index (χ1v) is 38.7. The monoisotopic (exact) mass is 1410 g/mol. The molecule has 0 atom stereocenters. The molecule has 0 aromatic carbocycles. The van der Waals surface area contributed by atoms with Crippen LogP contribution < -0.4 is 40.0 Å². The molecule has 8 saturated carbocycles. The molecule has 0 aromatic heterocycles. The van der Waals surface area contributed by atoms with E-state index >= 15 is 0 Å². The van der Waals surface area contributed by atoms with Crippen molar-refractivity contribution in [3.05, 3.63) is 0 Å². The van der Waals surface area contributed by atoms with Crippen molar-refractivity contribution in [2.45, 2.75) is 382 Å². The van der Waals surface area contributed by atoms with E-state index in [1.165, 1.54) is 51.4 Å². The summed E-state index contributed by atoms with van der Waals surface area (Å²) in [6.07, 6.45) is 41.4. The molecule has 0 amide bonds. The molecule has 0 aromatic rings. The van der Waals surface area contributed by atoms with Crippen molar-refractivity contribution in [2.24, 2.45) is 0 Å². The molecule has 0 bridgehead atoms. The van der Waals surface area contributed by atoms with Crippen LogP contribution in [0.25, 0.3) is 0 Å². The Bertz CT molecular complexity index is 1280. The van der Waals surface area contributed by atoms with Crippen LogP contribution in [-0.2, 0) is 127 Å². The van der Waals surface area contributed by atoms with Gasteiger partial charge < -0.3 is 80.2 Å². The van der Waals surface area contributed by atoms with Crippen LogP contribution >= 0.6 is 29.5 Å². The van der Waals surface area contributed by atoms with Gasteiger partial charge in [0, 0.05) is 74.7 Å². The van der Waals surface area contributed by atoms with E-state index < -0.39 is 53.9 Å². The number of hydrogen-bond acceptors (Lipinski definition) is 12. The number of rotatable bonds is 8. The Kier molecular flexibility index (Phi) is 72.4. The van der Waals surface area contributed by atoms with E-state index in [2.05, 4.69) is 0 Å². The van der Waals surface area contributed by atoms with Gasteiger partial charge in [-0.2, -0.15) is 0 Å². The van der Waals surface area contributed by atoms with Gasteiger partial charge in [0.15, 0.2) is 0 Å². The molecule has 8 rings (SSSR count). The van der Waals surface area contributed by atoms with Gasteiger partial charge in [0.05, 0.1) is 0 Å². The summed E-state index contributed by atoms with van der Waals surface area (Å²) in [5.41, 5.74) is 0.291. The van der Waals surface area contributed by atoms with Crippen molar-refractivity contribution < 1.29 is 167 Å². The summed E-state index contributed by atoms with van der Waals surface area (Å²) in [5.74, 6) is 0. The minimum Gasteiger partial charge on any atom is -2.00 e. The van der Waals surface area contributed by atoms with Crippen LogP contribution in [0.15, 0.2) is 0 Å². The molecule has 0 aliphatic heterocycles. The molecule has 0 saturated heterocycles. The third-order valence-electron chi connectivity index (χ3n) is 16.7. The first-order valence-electron chi connectivity index (χ1n) is 31.6. The second kappa shape index (κ2) is 58.8. The van der Waals surface area contributed by atoms with E-state index in [9.17, 15) is 58.3 Å². The molecular formula is C60H116O16P4Ti4. The fourth-order valence-electron chi connectivity index (χ4n) is 12.7. The van der Waals surface area contributed by atoms with Gasteiger partial charge in [-0.25, -0.2) is 0 Å². The largest absolute Gasteiger partial charge is 4.00 e. The predicted octanol–water partition coefficient (Wildman–Crippen LogP) is 11.7. The Morgan fingerprint density at radius 3 is 0.333 bits per heavy atom. The fourth-order valence-corrected chi connectivity index (χ4v) is 23.8. The molecule has 8 aliphatic carbocycles. The minimum absolute atomic E-state index is 0. The standard InChI is InChI=1S/4C12H23O2P.4C3H7O.4O.4Ti/c4*13-15(14,11-7-3-1-4-8-11)12-9-5-2-6-10-12;4*1-3(2)4;;;;;;;;/h4*11-12H,1-10H2,(H,13,14);4*3H,1-2H3;;;;;;;;/q;;;;4*-1;4*-2;4*+4/p-4. The van der Waals surface area contributed by atoms with Crippen molar-refractivity contribution in [3.63, 3.8) is 0 Å². The van der Waals surface area contributed by atoms with Crippen molar-refractivity contribution >= 4 is 29.5 Å². The van der Waals surface area contributed by atoms with Gasteiger partial charge in [-0.15, -0.1) is 24.4 Å². The van der Waals surface area contributed by atoms with Gasteiger partial charge in [-0.3, -0.25) is 0 Å². The Morgan fingerprint density at radius 2 is 0.274 bits per heavy atom. The zero-order chi connectivity index (χ0) is 57.2.